The molecule has 0 unspecified atom stereocenters. The number of halogens is 1. The number of hydrogen-bond acceptors (Lipinski definition) is 6. The van der Waals surface area contributed by atoms with Crippen LogP contribution in [0.25, 0.3) is 11.4 Å². The van der Waals surface area contributed by atoms with Crippen LogP contribution >= 0.6 is 22.9 Å². The maximum Gasteiger partial charge on any atom is 0.255 e. The molecule has 0 amide bonds. The quantitative estimate of drug-likeness (QED) is 0.316. The molecule has 3 aromatic heterocycles. The summed E-state index contributed by atoms with van der Waals surface area (Å²) in [5.41, 5.74) is 3.53. The third-order valence-electron chi connectivity index (χ3n) is 6.25. The highest BCUT2D eigenvalue weighted by Gasteiger charge is 2.17. The number of piperidine rings is 1. The lowest BCUT2D eigenvalue weighted by Crippen LogP contribution is -2.29. The van der Waals surface area contributed by atoms with E-state index in [9.17, 15) is 9.59 Å². The zero-order valence-electron chi connectivity index (χ0n) is 19.3. The maximum absolute atomic E-state index is 12.4. The van der Waals surface area contributed by atoms with E-state index >= 15 is 0 Å². The van der Waals surface area contributed by atoms with Gasteiger partial charge in [-0.25, -0.2) is 4.68 Å². The molecule has 35 heavy (non-hydrogen) atoms. The first-order valence-corrected chi connectivity index (χ1v) is 13.0. The Labute approximate surface area is 212 Å². The molecule has 180 valence electrons. The molecule has 1 aliphatic rings. The van der Waals surface area contributed by atoms with Gasteiger partial charge in [-0.1, -0.05) is 29.3 Å². The van der Waals surface area contributed by atoms with Gasteiger partial charge in [0, 0.05) is 37.3 Å². The van der Waals surface area contributed by atoms with Gasteiger partial charge < -0.3 is 0 Å². The van der Waals surface area contributed by atoms with Crippen molar-refractivity contribution in [1.82, 2.24) is 24.5 Å². The predicted molar refractivity (Wildman–Crippen MR) is 138 cm³/mol. The summed E-state index contributed by atoms with van der Waals surface area (Å²) in [4.78, 5) is 28.0. The van der Waals surface area contributed by atoms with Gasteiger partial charge in [-0.15, -0.1) is 16.4 Å². The van der Waals surface area contributed by atoms with Crippen LogP contribution in [-0.2, 0) is 13.0 Å². The lowest BCUT2D eigenvalue weighted by atomic mass is 10.1. The summed E-state index contributed by atoms with van der Waals surface area (Å²) >= 11 is 7.25. The van der Waals surface area contributed by atoms with Crippen molar-refractivity contribution in [2.24, 2.45) is 0 Å². The molecule has 0 spiro atoms. The maximum atomic E-state index is 12.4. The lowest BCUT2D eigenvalue weighted by molar-refractivity contribution is 0.0986. The standard InChI is InChI=1S/C26H26ClN5O2S/c27-25-12-11-24(35-25)23(33)10-7-20-18-32(29-28-20)22-9-8-21(31-15-5-2-6-26(31)34)16-19(22)17-30-13-3-1-4-14-30/h2,5-6,8-9,11-12,15-16,18H,1,3-4,7,10,13-14,17H2. The Hall–Kier alpha value is -3.07. The number of ketones is 1. The Balaban J connectivity index is 1.40. The molecule has 0 aliphatic carbocycles. The normalized spacial score (nSPS) is 14.3. The number of likely N-dealkylation sites (tertiary alicyclic amines) is 1. The van der Waals surface area contributed by atoms with Crippen LogP contribution in [0, 0.1) is 0 Å². The molecule has 4 heterocycles. The summed E-state index contributed by atoms with van der Waals surface area (Å²) in [7, 11) is 0. The molecule has 7 nitrogen and oxygen atoms in total. The number of thiophene rings is 1. The van der Waals surface area contributed by atoms with Gasteiger partial charge in [-0.3, -0.25) is 19.1 Å². The molecule has 1 aromatic carbocycles. The minimum atomic E-state index is -0.0658. The number of carbonyl (C=O) groups is 1. The van der Waals surface area contributed by atoms with Gasteiger partial charge >= 0.3 is 0 Å². The molecule has 0 atom stereocenters. The molecule has 0 radical (unpaired) electrons. The van der Waals surface area contributed by atoms with E-state index in [2.05, 4.69) is 21.3 Å². The number of carbonyl (C=O) groups excluding carboxylic acids is 1. The second-order valence-electron chi connectivity index (χ2n) is 8.74. The smallest absolute Gasteiger partial charge is 0.255 e. The fourth-order valence-electron chi connectivity index (χ4n) is 4.43. The first-order valence-electron chi connectivity index (χ1n) is 11.8. The first kappa shape index (κ1) is 23.7. The van der Waals surface area contributed by atoms with Crippen molar-refractivity contribution in [3.63, 3.8) is 0 Å². The van der Waals surface area contributed by atoms with Crippen LogP contribution in [0.3, 0.4) is 0 Å². The van der Waals surface area contributed by atoms with Crippen molar-refractivity contribution >= 4 is 28.7 Å². The highest BCUT2D eigenvalue weighted by Crippen LogP contribution is 2.24. The van der Waals surface area contributed by atoms with Crippen molar-refractivity contribution in [3.8, 4) is 11.4 Å². The molecule has 1 fully saturated rings. The van der Waals surface area contributed by atoms with Crippen LogP contribution in [0.1, 0.15) is 46.6 Å². The average molecular weight is 508 g/mol. The van der Waals surface area contributed by atoms with Gasteiger partial charge in [0.15, 0.2) is 5.78 Å². The Morgan fingerprint density at radius 2 is 1.91 bits per heavy atom. The minimum Gasteiger partial charge on any atom is -0.299 e. The molecule has 0 bridgehead atoms. The van der Waals surface area contributed by atoms with E-state index in [0.717, 1.165) is 42.3 Å². The largest absolute Gasteiger partial charge is 0.299 e. The van der Waals surface area contributed by atoms with E-state index in [0.29, 0.717) is 22.1 Å². The van der Waals surface area contributed by atoms with E-state index in [1.165, 1.54) is 30.6 Å². The van der Waals surface area contributed by atoms with Crippen LogP contribution in [0.15, 0.2) is 65.7 Å². The second kappa shape index (κ2) is 10.7. The van der Waals surface area contributed by atoms with Crippen molar-refractivity contribution in [2.75, 3.05) is 13.1 Å². The Morgan fingerprint density at radius 3 is 2.69 bits per heavy atom. The highest BCUT2D eigenvalue weighted by atomic mass is 35.5. The summed E-state index contributed by atoms with van der Waals surface area (Å²) < 4.78 is 4.04. The molecule has 5 rings (SSSR count). The Bertz CT molecular complexity index is 1390. The van der Waals surface area contributed by atoms with E-state index in [4.69, 9.17) is 11.6 Å². The summed E-state index contributed by atoms with van der Waals surface area (Å²) in [6.07, 6.45) is 8.20. The predicted octanol–water partition coefficient (Wildman–Crippen LogP) is 4.93. The molecular formula is C26H26ClN5O2S. The van der Waals surface area contributed by atoms with Gasteiger partial charge in [0.05, 0.1) is 26.8 Å². The molecule has 9 heteroatoms. The second-order valence-corrected chi connectivity index (χ2v) is 10.5. The van der Waals surface area contributed by atoms with E-state index < -0.39 is 0 Å². The monoisotopic (exact) mass is 507 g/mol. The summed E-state index contributed by atoms with van der Waals surface area (Å²) in [5, 5.41) is 8.68. The Kier molecular flexibility index (Phi) is 7.22. The van der Waals surface area contributed by atoms with Crippen molar-refractivity contribution in [1.29, 1.82) is 0 Å². The summed E-state index contributed by atoms with van der Waals surface area (Å²) in [6, 6.07) is 14.7. The van der Waals surface area contributed by atoms with Gasteiger partial charge in [-0.05, 0) is 67.9 Å². The topological polar surface area (TPSA) is 73.0 Å². The van der Waals surface area contributed by atoms with Crippen molar-refractivity contribution in [3.05, 3.63) is 91.7 Å². The van der Waals surface area contributed by atoms with Gasteiger partial charge in [0.1, 0.15) is 0 Å². The summed E-state index contributed by atoms with van der Waals surface area (Å²) in [6.45, 7) is 2.90. The minimum absolute atomic E-state index is 0.0555. The van der Waals surface area contributed by atoms with Crippen molar-refractivity contribution < 1.29 is 4.79 Å². The third-order valence-corrected chi connectivity index (χ3v) is 7.52. The van der Waals surface area contributed by atoms with E-state index in [1.54, 1.807) is 39.7 Å². The van der Waals surface area contributed by atoms with Crippen LogP contribution in [-0.4, -0.2) is 43.3 Å². The number of rotatable bonds is 8. The number of Topliss-reactive ketones (excluding diaryl/α,β-unsaturated/α-hetero) is 1. The van der Waals surface area contributed by atoms with Gasteiger partial charge in [0.25, 0.3) is 5.56 Å². The Morgan fingerprint density at radius 1 is 1.06 bits per heavy atom. The fourth-order valence-corrected chi connectivity index (χ4v) is 5.44. The molecular weight excluding hydrogens is 482 g/mol. The van der Waals surface area contributed by atoms with Crippen molar-refractivity contribution in [2.45, 2.75) is 38.6 Å². The summed E-state index contributed by atoms with van der Waals surface area (Å²) in [5.74, 6) is 0.0555. The van der Waals surface area contributed by atoms with Gasteiger partial charge in [0.2, 0.25) is 0 Å². The molecule has 1 saturated heterocycles. The van der Waals surface area contributed by atoms with E-state index in [-0.39, 0.29) is 11.3 Å². The zero-order chi connectivity index (χ0) is 24.2. The SMILES string of the molecule is O=C(CCc1cn(-c2ccc(-n3ccccc3=O)cc2CN2CCCCC2)nn1)c1ccc(Cl)s1. The molecule has 1 aliphatic heterocycles. The van der Waals surface area contributed by atoms with Crippen LogP contribution < -0.4 is 5.56 Å². The molecule has 0 saturated carbocycles. The van der Waals surface area contributed by atoms with Crippen LogP contribution in [0.5, 0.6) is 0 Å². The number of benzene rings is 1. The molecule has 0 N–H and O–H groups in total. The number of aromatic nitrogens is 4. The number of nitrogens with zero attached hydrogens (tertiary/aromatic N) is 5. The zero-order valence-corrected chi connectivity index (χ0v) is 20.8. The number of aryl methyl sites for hydroxylation is 1. The highest BCUT2D eigenvalue weighted by molar-refractivity contribution is 7.18. The fraction of sp³-hybridized carbons (Fsp3) is 0.308. The average Bonchev–Trinajstić information content (AvgIpc) is 3.53. The van der Waals surface area contributed by atoms with Crippen LogP contribution in [0.4, 0.5) is 0 Å². The molecule has 4 aromatic rings. The van der Waals surface area contributed by atoms with Crippen LogP contribution in [0.2, 0.25) is 4.34 Å². The third kappa shape index (κ3) is 5.61. The number of pyridine rings is 1. The van der Waals surface area contributed by atoms with E-state index in [1.807, 2.05) is 24.4 Å². The lowest BCUT2D eigenvalue weighted by Gasteiger charge is -2.27. The van der Waals surface area contributed by atoms with Gasteiger partial charge in [-0.2, -0.15) is 0 Å². The first-order chi connectivity index (χ1) is 17.1. The number of hydrogen-bond donors (Lipinski definition) is 0.